The smallest absolute Gasteiger partial charge is 0.416 e. The number of halogens is 5. The first kappa shape index (κ1) is 14.4. The Morgan fingerprint density at radius 2 is 1.85 bits per heavy atom. The summed E-state index contributed by atoms with van der Waals surface area (Å²) in [5.74, 6) is -1.33. The second-order valence-electron chi connectivity index (χ2n) is 3.79. The highest BCUT2D eigenvalue weighted by molar-refractivity contribution is 6.30. The fourth-order valence-corrected chi connectivity index (χ4v) is 1.57. The molecule has 2 aromatic rings. The van der Waals surface area contributed by atoms with E-state index >= 15 is 0 Å². The number of hydrogen-bond donors (Lipinski definition) is 1. The summed E-state index contributed by atoms with van der Waals surface area (Å²) in [5, 5.41) is -0.220. The van der Waals surface area contributed by atoms with Gasteiger partial charge >= 0.3 is 6.18 Å². The molecule has 1 aromatic heterocycles. The monoisotopic (exact) mass is 306 g/mol. The van der Waals surface area contributed by atoms with E-state index in [0.717, 1.165) is 12.1 Å². The molecule has 1 heterocycles. The predicted molar refractivity (Wildman–Crippen MR) is 65.1 cm³/mol. The summed E-state index contributed by atoms with van der Waals surface area (Å²) in [6.07, 6.45) is -4.57. The molecule has 0 atom stereocenters. The van der Waals surface area contributed by atoms with Crippen molar-refractivity contribution < 1.29 is 22.3 Å². The van der Waals surface area contributed by atoms with Crippen LogP contribution in [0.2, 0.25) is 5.02 Å². The molecule has 20 heavy (non-hydrogen) atoms. The maximum atomic E-state index is 13.0. The Hall–Kier alpha value is -2.02. The Kier molecular flexibility index (Phi) is 3.71. The molecule has 0 aliphatic carbocycles. The van der Waals surface area contributed by atoms with E-state index in [1.807, 2.05) is 0 Å². The van der Waals surface area contributed by atoms with Crippen LogP contribution < -0.4 is 10.5 Å². The number of ether oxygens (including phenoxy) is 1. The van der Waals surface area contributed by atoms with E-state index in [4.69, 9.17) is 22.1 Å². The number of hydrogen-bond acceptors (Lipinski definition) is 3. The molecule has 0 saturated carbocycles. The molecule has 0 fully saturated rings. The first-order chi connectivity index (χ1) is 9.25. The minimum Gasteiger partial charge on any atom is -0.439 e. The van der Waals surface area contributed by atoms with Gasteiger partial charge in [-0.2, -0.15) is 18.2 Å². The Morgan fingerprint density at radius 3 is 2.45 bits per heavy atom. The minimum absolute atomic E-state index is 0.0441. The zero-order chi connectivity index (χ0) is 14.9. The standard InChI is InChI=1S/C12H7ClF4N2O/c13-8-5-7(1-2-9(8)14)20-11-4-6(12(15,16)17)3-10(18)19-11/h1-5H,(H2,18,19). The van der Waals surface area contributed by atoms with Crippen LogP contribution in [0.25, 0.3) is 0 Å². The van der Waals surface area contributed by atoms with Crippen LogP contribution in [0.1, 0.15) is 5.56 Å². The molecule has 8 heteroatoms. The van der Waals surface area contributed by atoms with Crippen LogP contribution in [0.5, 0.6) is 11.6 Å². The summed E-state index contributed by atoms with van der Waals surface area (Å²) in [6.45, 7) is 0. The zero-order valence-electron chi connectivity index (χ0n) is 9.71. The lowest BCUT2D eigenvalue weighted by Crippen LogP contribution is -2.07. The second kappa shape index (κ2) is 5.16. The van der Waals surface area contributed by atoms with E-state index in [2.05, 4.69) is 4.98 Å². The van der Waals surface area contributed by atoms with Gasteiger partial charge in [-0.1, -0.05) is 11.6 Å². The van der Waals surface area contributed by atoms with Crippen LogP contribution in [0.15, 0.2) is 30.3 Å². The molecule has 1 aromatic carbocycles. The number of rotatable bonds is 2. The summed E-state index contributed by atoms with van der Waals surface area (Å²) >= 11 is 5.54. The van der Waals surface area contributed by atoms with E-state index in [-0.39, 0.29) is 22.5 Å². The number of pyridine rings is 1. The first-order valence-corrected chi connectivity index (χ1v) is 5.61. The van der Waals surface area contributed by atoms with Crippen molar-refractivity contribution in [2.45, 2.75) is 6.18 Å². The molecule has 0 spiro atoms. The quantitative estimate of drug-likeness (QED) is 0.843. The Labute approximate surface area is 115 Å². The van der Waals surface area contributed by atoms with Crippen LogP contribution >= 0.6 is 11.6 Å². The van der Waals surface area contributed by atoms with Crippen molar-refractivity contribution in [1.82, 2.24) is 4.98 Å². The van der Waals surface area contributed by atoms with Gasteiger partial charge in [-0.25, -0.2) is 4.39 Å². The van der Waals surface area contributed by atoms with Crippen molar-refractivity contribution in [3.05, 3.63) is 46.7 Å². The van der Waals surface area contributed by atoms with Gasteiger partial charge in [0.05, 0.1) is 10.6 Å². The molecule has 0 aliphatic rings. The zero-order valence-corrected chi connectivity index (χ0v) is 10.5. The van der Waals surface area contributed by atoms with Gasteiger partial charge in [0.15, 0.2) is 0 Å². The number of benzene rings is 1. The Morgan fingerprint density at radius 1 is 1.15 bits per heavy atom. The van der Waals surface area contributed by atoms with Crippen molar-refractivity contribution in [1.29, 1.82) is 0 Å². The van der Waals surface area contributed by atoms with Crippen LogP contribution in [-0.2, 0) is 6.18 Å². The molecule has 0 radical (unpaired) electrons. The lowest BCUT2D eigenvalue weighted by Gasteiger charge is -2.10. The van der Waals surface area contributed by atoms with Crippen molar-refractivity contribution in [3.8, 4) is 11.6 Å². The minimum atomic E-state index is -4.57. The summed E-state index contributed by atoms with van der Waals surface area (Å²) in [4.78, 5) is 3.61. The fourth-order valence-electron chi connectivity index (χ4n) is 1.40. The summed E-state index contributed by atoms with van der Waals surface area (Å²) in [7, 11) is 0. The van der Waals surface area contributed by atoms with Crippen LogP contribution in [0.3, 0.4) is 0 Å². The highest BCUT2D eigenvalue weighted by atomic mass is 35.5. The number of nitrogens with zero attached hydrogens (tertiary/aromatic N) is 1. The number of alkyl halides is 3. The molecule has 0 amide bonds. The van der Waals surface area contributed by atoms with Crippen molar-refractivity contribution in [2.24, 2.45) is 0 Å². The van der Waals surface area contributed by atoms with E-state index in [1.165, 1.54) is 6.07 Å². The van der Waals surface area contributed by atoms with Crippen molar-refractivity contribution >= 4 is 17.4 Å². The molecule has 0 aliphatic heterocycles. The van der Waals surface area contributed by atoms with Gasteiger partial charge in [-0.3, -0.25) is 0 Å². The molecule has 0 saturated heterocycles. The van der Waals surface area contributed by atoms with Gasteiger partial charge in [-0.15, -0.1) is 0 Å². The summed E-state index contributed by atoms with van der Waals surface area (Å²) < 4.78 is 55.8. The predicted octanol–water partition coefficient (Wildman–Crippen LogP) is 4.27. The molecular formula is C12H7ClF4N2O. The van der Waals surface area contributed by atoms with Gasteiger partial charge in [0.1, 0.15) is 17.4 Å². The fraction of sp³-hybridized carbons (Fsp3) is 0.0833. The molecule has 106 valence electrons. The molecule has 0 unspecified atom stereocenters. The van der Waals surface area contributed by atoms with Crippen molar-refractivity contribution in [3.63, 3.8) is 0 Å². The number of aromatic nitrogens is 1. The van der Waals surface area contributed by atoms with Crippen LogP contribution in [0, 0.1) is 5.82 Å². The maximum absolute atomic E-state index is 13.0. The second-order valence-corrected chi connectivity index (χ2v) is 4.20. The SMILES string of the molecule is Nc1cc(C(F)(F)F)cc(Oc2ccc(F)c(Cl)c2)n1. The molecule has 3 nitrogen and oxygen atoms in total. The first-order valence-electron chi connectivity index (χ1n) is 5.23. The Balaban J connectivity index is 2.33. The Bertz CT molecular complexity index is 646. The lowest BCUT2D eigenvalue weighted by atomic mass is 10.2. The highest BCUT2D eigenvalue weighted by Crippen LogP contribution is 2.33. The number of nitrogens with two attached hydrogens (primary N) is 1. The highest BCUT2D eigenvalue weighted by Gasteiger charge is 2.31. The molecule has 2 rings (SSSR count). The van der Waals surface area contributed by atoms with E-state index in [9.17, 15) is 17.6 Å². The van der Waals surface area contributed by atoms with Gasteiger partial charge in [-0.05, 0) is 18.2 Å². The number of nitrogen functional groups attached to an aromatic ring is 1. The van der Waals surface area contributed by atoms with E-state index in [1.54, 1.807) is 0 Å². The van der Waals surface area contributed by atoms with Gasteiger partial charge < -0.3 is 10.5 Å². The third-order valence-electron chi connectivity index (χ3n) is 2.26. The number of anilines is 1. The molecule has 2 N–H and O–H groups in total. The van der Waals surface area contributed by atoms with E-state index in [0.29, 0.717) is 12.1 Å². The topological polar surface area (TPSA) is 48.1 Å². The summed E-state index contributed by atoms with van der Waals surface area (Å²) in [6, 6.07) is 4.72. The van der Waals surface area contributed by atoms with Crippen LogP contribution in [0.4, 0.5) is 23.4 Å². The third-order valence-corrected chi connectivity index (χ3v) is 2.55. The largest absolute Gasteiger partial charge is 0.439 e. The van der Waals surface area contributed by atoms with Gasteiger partial charge in [0.25, 0.3) is 0 Å². The molecule has 0 bridgehead atoms. The average molecular weight is 307 g/mol. The van der Waals surface area contributed by atoms with Gasteiger partial charge in [0.2, 0.25) is 5.88 Å². The third kappa shape index (κ3) is 3.30. The normalized spacial score (nSPS) is 11.4. The van der Waals surface area contributed by atoms with E-state index < -0.39 is 17.6 Å². The van der Waals surface area contributed by atoms with Gasteiger partial charge in [0, 0.05) is 12.1 Å². The van der Waals surface area contributed by atoms with Crippen molar-refractivity contribution in [2.75, 3.05) is 5.73 Å². The lowest BCUT2D eigenvalue weighted by molar-refractivity contribution is -0.137. The summed E-state index contributed by atoms with van der Waals surface area (Å²) in [5.41, 5.74) is 4.29. The average Bonchev–Trinajstić information content (AvgIpc) is 2.32. The van der Waals surface area contributed by atoms with Crippen LogP contribution in [-0.4, -0.2) is 4.98 Å². The molecular weight excluding hydrogens is 300 g/mol. The maximum Gasteiger partial charge on any atom is 0.416 e.